The quantitative estimate of drug-likeness (QED) is 0.740. The van der Waals surface area contributed by atoms with Gasteiger partial charge in [0.05, 0.1) is 5.03 Å². The molecule has 2 aromatic rings. The smallest absolute Gasteiger partial charge is 0.255 e. The second-order valence-electron chi connectivity index (χ2n) is 6.68. The lowest BCUT2D eigenvalue weighted by atomic mass is 10.1. The van der Waals surface area contributed by atoms with Gasteiger partial charge in [-0.3, -0.25) is 9.69 Å². The van der Waals surface area contributed by atoms with E-state index in [2.05, 4.69) is 46.1 Å². The first-order chi connectivity index (χ1) is 13.2. The van der Waals surface area contributed by atoms with Crippen molar-refractivity contribution in [2.24, 2.45) is 0 Å². The molecule has 1 aliphatic rings. The maximum absolute atomic E-state index is 12.5. The fourth-order valence-corrected chi connectivity index (χ4v) is 3.84. The van der Waals surface area contributed by atoms with Gasteiger partial charge in [0, 0.05) is 50.2 Å². The third kappa shape index (κ3) is 5.79. The molecule has 27 heavy (non-hydrogen) atoms. The van der Waals surface area contributed by atoms with Crippen LogP contribution in [0.25, 0.3) is 0 Å². The Morgan fingerprint density at radius 2 is 1.78 bits per heavy atom. The molecular formula is C21H28N4OS. The fraction of sp³-hybridized carbons (Fsp3) is 0.429. The number of likely N-dealkylation sites (N-methyl/N-ethyl adjacent to an activating group) is 1. The van der Waals surface area contributed by atoms with E-state index in [0.717, 1.165) is 55.7 Å². The van der Waals surface area contributed by atoms with Gasteiger partial charge in [0.1, 0.15) is 0 Å². The number of carbonyl (C=O) groups is 1. The highest BCUT2D eigenvalue weighted by atomic mass is 32.2. The van der Waals surface area contributed by atoms with Crippen LogP contribution in [0.15, 0.2) is 47.6 Å². The minimum Gasteiger partial charge on any atom is -0.322 e. The summed E-state index contributed by atoms with van der Waals surface area (Å²) < 4.78 is 0. The van der Waals surface area contributed by atoms with Gasteiger partial charge in [0.2, 0.25) is 0 Å². The van der Waals surface area contributed by atoms with Gasteiger partial charge in [-0.15, -0.1) is 11.8 Å². The van der Waals surface area contributed by atoms with Crippen molar-refractivity contribution in [3.8, 4) is 0 Å². The number of hydrogen-bond donors (Lipinski definition) is 1. The molecule has 1 aromatic heterocycles. The molecule has 5 nitrogen and oxygen atoms in total. The molecule has 1 amide bonds. The van der Waals surface area contributed by atoms with Crippen LogP contribution in [-0.2, 0) is 6.54 Å². The normalized spacial score (nSPS) is 15.6. The molecule has 0 saturated carbocycles. The highest BCUT2D eigenvalue weighted by Crippen LogP contribution is 2.17. The summed E-state index contributed by atoms with van der Waals surface area (Å²) in [4.78, 5) is 21.7. The molecule has 144 valence electrons. The maximum Gasteiger partial charge on any atom is 0.255 e. The Balaban J connectivity index is 1.54. The van der Waals surface area contributed by atoms with Crippen LogP contribution < -0.4 is 5.32 Å². The number of thioether (sulfide) groups is 1. The van der Waals surface area contributed by atoms with Crippen LogP contribution in [0.5, 0.6) is 0 Å². The first-order valence-electron chi connectivity index (χ1n) is 9.61. The fourth-order valence-electron chi connectivity index (χ4n) is 3.20. The largest absolute Gasteiger partial charge is 0.322 e. The second-order valence-corrected chi connectivity index (χ2v) is 7.96. The number of hydrogen-bond acceptors (Lipinski definition) is 5. The molecule has 1 fully saturated rings. The van der Waals surface area contributed by atoms with Gasteiger partial charge < -0.3 is 10.2 Å². The van der Waals surface area contributed by atoms with Crippen LogP contribution >= 0.6 is 11.8 Å². The molecule has 0 atom stereocenters. The summed E-state index contributed by atoms with van der Waals surface area (Å²) in [5.74, 6) is 0.839. The highest BCUT2D eigenvalue weighted by Gasteiger charge is 2.15. The van der Waals surface area contributed by atoms with E-state index in [0.29, 0.717) is 5.56 Å². The zero-order chi connectivity index (χ0) is 19.1. The average Bonchev–Trinajstić information content (AvgIpc) is 2.70. The Labute approximate surface area is 166 Å². The van der Waals surface area contributed by atoms with Crippen LogP contribution in [0.2, 0.25) is 0 Å². The molecule has 0 spiro atoms. The minimum absolute atomic E-state index is 0.0983. The average molecular weight is 385 g/mol. The van der Waals surface area contributed by atoms with Crippen LogP contribution in [0.1, 0.15) is 29.8 Å². The molecule has 3 rings (SSSR count). The van der Waals surface area contributed by atoms with E-state index in [9.17, 15) is 4.79 Å². The number of nitrogens with one attached hydrogen (secondary N) is 1. The lowest BCUT2D eigenvalue weighted by Crippen LogP contribution is -2.45. The van der Waals surface area contributed by atoms with Crippen molar-refractivity contribution in [2.75, 3.05) is 43.8 Å². The number of carbonyl (C=O) groups excluding carboxylic acids is 1. The number of rotatable bonds is 7. The number of aromatic nitrogens is 1. The summed E-state index contributed by atoms with van der Waals surface area (Å²) in [6, 6.07) is 11.8. The topological polar surface area (TPSA) is 48.5 Å². The predicted molar refractivity (Wildman–Crippen MR) is 112 cm³/mol. The molecule has 1 N–H and O–H groups in total. The summed E-state index contributed by atoms with van der Waals surface area (Å²) in [5.41, 5.74) is 2.74. The Hall–Kier alpha value is -1.89. The van der Waals surface area contributed by atoms with Crippen molar-refractivity contribution in [1.29, 1.82) is 0 Å². The summed E-state index contributed by atoms with van der Waals surface area (Å²) in [7, 11) is 0. The van der Waals surface area contributed by atoms with E-state index in [1.165, 1.54) is 5.56 Å². The van der Waals surface area contributed by atoms with Gasteiger partial charge >= 0.3 is 0 Å². The molecule has 0 bridgehead atoms. The highest BCUT2D eigenvalue weighted by molar-refractivity contribution is 7.99. The van der Waals surface area contributed by atoms with Crippen molar-refractivity contribution in [3.05, 3.63) is 53.7 Å². The van der Waals surface area contributed by atoms with Crippen molar-refractivity contribution < 1.29 is 4.79 Å². The molecule has 1 aromatic carbocycles. The Morgan fingerprint density at radius 1 is 1.07 bits per heavy atom. The second kappa shape index (κ2) is 9.88. The van der Waals surface area contributed by atoms with Crippen LogP contribution in [0, 0.1) is 0 Å². The van der Waals surface area contributed by atoms with E-state index < -0.39 is 0 Å². The van der Waals surface area contributed by atoms with E-state index in [4.69, 9.17) is 0 Å². The van der Waals surface area contributed by atoms with Gasteiger partial charge in [-0.2, -0.15) is 0 Å². The molecule has 0 unspecified atom stereocenters. The van der Waals surface area contributed by atoms with Gasteiger partial charge in [0.15, 0.2) is 0 Å². The third-order valence-corrected chi connectivity index (χ3v) is 5.63. The zero-order valence-corrected chi connectivity index (χ0v) is 17.0. The van der Waals surface area contributed by atoms with E-state index in [1.54, 1.807) is 24.0 Å². The molecule has 1 aliphatic heterocycles. The lowest BCUT2D eigenvalue weighted by molar-refractivity contribution is 0.102. The van der Waals surface area contributed by atoms with Crippen molar-refractivity contribution in [1.82, 2.24) is 14.8 Å². The van der Waals surface area contributed by atoms with E-state index >= 15 is 0 Å². The van der Waals surface area contributed by atoms with Crippen molar-refractivity contribution in [2.45, 2.75) is 25.4 Å². The van der Waals surface area contributed by atoms with Crippen LogP contribution in [0.4, 0.5) is 5.69 Å². The van der Waals surface area contributed by atoms with Crippen LogP contribution in [-0.4, -0.2) is 59.2 Å². The van der Waals surface area contributed by atoms with Gasteiger partial charge in [0.25, 0.3) is 5.91 Å². The molecule has 2 heterocycles. The van der Waals surface area contributed by atoms with Gasteiger partial charge in [-0.25, -0.2) is 4.98 Å². The third-order valence-electron chi connectivity index (χ3n) is 4.82. The Bertz CT molecular complexity index is 742. The number of nitrogens with zero attached hydrogens (tertiary/aromatic N) is 3. The molecular weight excluding hydrogens is 356 g/mol. The monoisotopic (exact) mass is 384 g/mol. The van der Waals surface area contributed by atoms with E-state index in [1.807, 2.05) is 18.2 Å². The summed E-state index contributed by atoms with van der Waals surface area (Å²) >= 11 is 1.63. The molecule has 6 heteroatoms. The number of anilines is 1. The summed E-state index contributed by atoms with van der Waals surface area (Å²) in [6.45, 7) is 10.9. The minimum atomic E-state index is -0.0983. The first-order valence-corrected chi connectivity index (χ1v) is 10.6. The lowest BCUT2D eigenvalue weighted by Gasteiger charge is -2.34. The number of pyridine rings is 1. The number of benzene rings is 1. The van der Waals surface area contributed by atoms with Crippen LogP contribution in [0.3, 0.4) is 0 Å². The number of amides is 1. The molecule has 0 aliphatic carbocycles. The zero-order valence-electron chi connectivity index (χ0n) is 16.1. The predicted octanol–water partition coefficient (Wildman–Crippen LogP) is 3.58. The Morgan fingerprint density at radius 3 is 2.44 bits per heavy atom. The molecule has 1 saturated heterocycles. The summed E-state index contributed by atoms with van der Waals surface area (Å²) in [6.07, 6.45) is 1.69. The van der Waals surface area contributed by atoms with Crippen molar-refractivity contribution in [3.63, 3.8) is 0 Å². The maximum atomic E-state index is 12.5. The standard InChI is InChI=1S/C21H28N4OS/c1-3-24-11-13-25(14-12-24)16-17-5-7-19(8-6-17)23-21(26)18-9-10-22-20(15-18)27-4-2/h5-10,15H,3-4,11-14,16H2,1-2H3,(H,23,26). The number of piperazine rings is 1. The van der Waals surface area contributed by atoms with E-state index in [-0.39, 0.29) is 5.91 Å². The van der Waals surface area contributed by atoms with Gasteiger partial charge in [-0.05, 0) is 42.1 Å². The molecule has 0 radical (unpaired) electrons. The van der Waals surface area contributed by atoms with Crippen molar-refractivity contribution >= 4 is 23.4 Å². The Kier molecular flexibility index (Phi) is 7.26. The first kappa shape index (κ1) is 19.9. The summed E-state index contributed by atoms with van der Waals surface area (Å²) in [5, 5.41) is 3.85. The van der Waals surface area contributed by atoms with Gasteiger partial charge in [-0.1, -0.05) is 26.0 Å². The SMILES string of the molecule is CCSc1cc(C(=O)Nc2ccc(CN3CCN(CC)CC3)cc2)ccn1.